The number of nitrogens with zero attached hydrogens (tertiary/aromatic N) is 2. The predicted molar refractivity (Wildman–Crippen MR) is 161 cm³/mol. The second kappa shape index (κ2) is 11.3. The standard InChI is InChI=1S/C15H12F3N3O2S.C13H10ClN3O2S/c1-8-3-2-4-9(5-8)14-20-11-6-10(15(16,17)18)13(24(19,22)23)7-12(11)21-14;14-9-6-10-11(7-12(9)20(15,18)19)17-13(16-10)8-4-2-1-3-5-8/h2-7H,1H3,(H,20,21)(H2,19,22,23);1-7H,(H,16,17)(H2,15,18,19). The second-order valence-electron chi connectivity index (χ2n) is 9.66. The van der Waals surface area contributed by atoms with Crippen molar-refractivity contribution in [2.75, 3.05) is 0 Å². The number of aromatic nitrogens is 4. The van der Waals surface area contributed by atoms with Gasteiger partial charge in [0.05, 0.1) is 37.5 Å². The van der Waals surface area contributed by atoms with E-state index in [0.717, 1.165) is 17.2 Å². The zero-order valence-electron chi connectivity index (χ0n) is 22.5. The molecule has 0 amide bonds. The molecule has 6 N–H and O–H groups in total. The van der Waals surface area contributed by atoms with E-state index in [4.69, 9.17) is 21.9 Å². The number of aromatic amines is 2. The molecule has 0 fully saturated rings. The number of primary sulfonamides is 2. The Kier molecular flexibility index (Phi) is 8.02. The second-order valence-corrected chi connectivity index (χ2v) is 13.1. The molecule has 0 unspecified atom stereocenters. The third kappa shape index (κ3) is 6.61. The van der Waals surface area contributed by atoms with Gasteiger partial charge in [0.2, 0.25) is 20.0 Å². The van der Waals surface area contributed by atoms with Crippen LogP contribution in [0, 0.1) is 6.92 Å². The monoisotopic (exact) mass is 662 g/mol. The number of sulfonamides is 2. The third-order valence-electron chi connectivity index (χ3n) is 6.38. The van der Waals surface area contributed by atoms with Crippen molar-refractivity contribution in [1.29, 1.82) is 0 Å². The SMILES string of the molecule is Cc1cccc(-c2nc3cc(S(N)(=O)=O)c(C(F)(F)F)cc3[nH]2)c1.NS(=O)(=O)c1cc2[nH]c(-c3ccccc3)nc2cc1Cl. The van der Waals surface area contributed by atoms with E-state index in [2.05, 4.69) is 19.9 Å². The molecule has 2 aromatic heterocycles. The molecule has 228 valence electrons. The normalized spacial score (nSPS) is 12.3. The molecular weight excluding hydrogens is 641 g/mol. The predicted octanol–water partition coefficient (Wildman–Crippen LogP) is 5.74. The zero-order valence-corrected chi connectivity index (χ0v) is 24.9. The van der Waals surface area contributed by atoms with Crippen LogP contribution in [0.2, 0.25) is 5.02 Å². The van der Waals surface area contributed by atoms with Crippen molar-refractivity contribution in [2.24, 2.45) is 10.3 Å². The Bertz CT molecular complexity index is 2250. The van der Waals surface area contributed by atoms with Crippen LogP contribution in [0.3, 0.4) is 0 Å². The molecule has 2 heterocycles. The number of hydrogen-bond donors (Lipinski definition) is 4. The van der Waals surface area contributed by atoms with Gasteiger partial charge in [-0.3, -0.25) is 0 Å². The summed E-state index contributed by atoms with van der Waals surface area (Å²) in [5.41, 5.74) is 2.52. The van der Waals surface area contributed by atoms with E-state index >= 15 is 0 Å². The first-order chi connectivity index (χ1) is 20.5. The number of aryl methyl sites for hydroxylation is 1. The first-order valence-electron chi connectivity index (χ1n) is 12.5. The minimum atomic E-state index is -4.86. The lowest BCUT2D eigenvalue weighted by molar-refractivity contribution is -0.139. The summed E-state index contributed by atoms with van der Waals surface area (Å²) < 4.78 is 85.3. The zero-order chi connectivity index (χ0) is 32.0. The molecule has 0 saturated carbocycles. The highest BCUT2D eigenvalue weighted by Crippen LogP contribution is 2.36. The van der Waals surface area contributed by atoms with Gasteiger partial charge >= 0.3 is 6.18 Å². The summed E-state index contributed by atoms with van der Waals surface area (Å²) in [6.07, 6.45) is -4.86. The Morgan fingerprint density at radius 2 is 1.25 bits per heavy atom. The molecule has 6 rings (SSSR count). The van der Waals surface area contributed by atoms with E-state index in [9.17, 15) is 30.0 Å². The molecular formula is C28H22ClF3N6O4S2. The van der Waals surface area contributed by atoms with Crippen molar-refractivity contribution >= 4 is 53.7 Å². The summed E-state index contributed by atoms with van der Waals surface area (Å²) in [6, 6.07) is 21.1. The number of hydrogen-bond acceptors (Lipinski definition) is 6. The number of rotatable bonds is 4. The Balaban J connectivity index is 0.000000177. The lowest BCUT2D eigenvalue weighted by atomic mass is 10.1. The number of halogens is 4. The molecule has 0 aliphatic rings. The maximum Gasteiger partial charge on any atom is 0.417 e. The fourth-order valence-electron chi connectivity index (χ4n) is 4.39. The molecule has 16 heteroatoms. The minimum absolute atomic E-state index is 0.0612. The average molecular weight is 663 g/mol. The molecule has 0 aliphatic carbocycles. The van der Waals surface area contributed by atoms with Gasteiger partial charge < -0.3 is 9.97 Å². The Hall–Kier alpha value is -4.28. The van der Waals surface area contributed by atoms with E-state index in [1.54, 1.807) is 12.1 Å². The summed E-state index contributed by atoms with van der Waals surface area (Å²) in [5, 5.41) is 10.1. The summed E-state index contributed by atoms with van der Waals surface area (Å²) in [4.78, 5) is 13.3. The quantitative estimate of drug-likeness (QED) is 0.187. The minimum Gasteiger partial charge on any atom is -0.338 e. The fourth-order valence-corrected chi connectivity index (χ4v) is 6.24. The van der Waals surface area contributed by atoms with Crippen LogP contribution in [-0.2, 0) is 26.2 Å². The maximum absolute atomic E-state index is 13.1. The maximum atomic E-state index is 13.1. The van der Waals surface area contributed by atoms with Gasteiger partial charge in [-0.15, -0.1) is 0 Å². The summed E-state index contributed by atoms with van der Waals surface area (Å²) in [7, 11) is -8.40. The van der Waals surface area contributed by atoms with Crippen LogP contribution < -0.4 is 10.3 Å². The molecule has 44 heavy (non-hydrogen) atoms. The summed E-state index contributed by atoms with van der Waals surface area (Å²) in [5.74, 6) is 0.983. The summed E-state index contributed by atoms with van der Waals surface area (Å²) in [6.45, 7) is 1.87. The van der Waals surface area contributed by atoms with Crippen molar-refractivity contribution in [3.8, 4) is 22.8 Å². The highest BCUT2D eigenvalue weighted by Gasteiger charge is 2.37. The topological polar surface area (TPSA) is 178 Å². The largest absolute Gasteiger partial charge is 0.417 e. The van der Waals surface area contributed by atoms with Crippen LogP contribution in [-0.4, -0.2) is 36.8 Å². The van der Waals surface area contributed by atoms with Crippen LogP contribution in [0.4, 0.5) is 13.2 Å². The van der Waals surface area contributed by atoms with E-state index in [1.807, 2.05) is 49.4 Å². The highest BCUT2D eigenvalue weighted by molar-refractivity contribution is 7.89. The van der Waals surface area contributed by atoms with Crippen LogP contribution in [0.15, 0.2) is 88.7 Å². The fraction of sp³-hybridized carbons (Fsp3) is 0.0714. The van der Waals surface area contributed by atoms with E-state index in [-0.39, 0.29) is 21.0 Å². The number of nitrogens with two attached hydrogens (primary N) is 2. The highest BCUT2D eigenvalue weighted by atomic mass is 35.5. The molecule has 0 bridgehead atoms. The van der Waals surface area contributed by atoms with Crippen LogP contribution in [0.5, 0.6) is 0 Å². The number of nitrogens with one attached hydrogen (secondary N) is 2. The number of imidazole rings is 2. The van der Waals surface area contributed by atoms with Crippen molar-refractivity contribution in [3.05, 3.63) is 95.0 Å². The third-order valence-corrected chi connectivity index (χ3v) is 8.70. The summed E-state index contributed by atoms with van der Waals surface area (Å²) >= 11 is 5.93. The molecule has 0 radical (unpaired) electrons. The molecule has 6 aromatic rings. The van der Waals surface area contributed by atoms with E-state index < -0.39 is 36.7 Å². The van der Waals surface area contributed by atoms with Gasteiger partial charge in [0, 0.05) is 11.1 Å². The van der Waals surface area contributed by atoms with Crippen LogP contribution in [0.1, 0.15) is 11.1 Å². The van der Waals surface area contributed by atoms with Crippen molar-refractivity contribution in [3.63, 3.8) is 0 Å². The van der Waals surface area contributed by atoms with Gasteiger partial charge in [-0.2, -0.15) is 13.2 Å². The number of fused-ring (bicyclic) bond motifs is 2. The van der Waals surface area contributed by atoms with Gasteiger partial charge in [0.15, 0.2) is 0 Å². The van der Waals surface area contributed by atoms with Crippen molar-refractivity contribution in [1.82, 2.24) is 19.9 Å². The molecule has 0 spiro atoms. The number of H-pyrrole nitrogens is 2. The average Bonchev–Trinajstić information content (AvgIpc) is 3.55. The molecule has 0 atom stereocenters. The molecule has 4 aromatic carbocycles. The van der Waals surface area contributed by atoms with Crippen LogP contribution in [0.25, 0.3) is 44.8 Å². The van der Waals surface area contributed by atoms with Gasteiger partial charge in [0.25, 0.3) is 0 Å². The first-order valence-corrected chi connectivity index (χ1v) is 16.0. The Morgan fingerprint density at radius 3 is 1.82 bits per heavy atom. The van der Waals surface area contributed by atoms with Gasteiger partial charge in [-0.05, 0) is 37.3 Å². The van der Waals surface area contributed by atoms with Gasteiger partial charge in [-0.1, -0.05) is 65.7 Å². The van der Waals surface area contributed by atoms with Gasteiger partial charge in [-0.25, -0.2) is 37.1 Å². The van der Waals surface area contributed by atoms with Crippen molar-refractivity contribution in [2.45, 2.75) is 22.9 Å². The number of alkyl halides is 3. The lowest BCUT2D eigenvalue weighted by Crippen LogP contribution is -2.19. The lowest BCUT2D eigenvalue weighted by Gasteiger charge is -2.11. The van der Waals surface area contributed by atoms with Crippen LogP contribution >= 0.6 is 11.6 Å². The number of benzene rings is 4. The molecule has 10 nitrogen and oxygen atoms in total. The van der Waals surface area contributed by atoms with Crippen molar-refractivity contribution < 1.29 is 30.0 Å². The Labute approximate surface area is 254 Å². The Morgan fingerprint density at radius 1 is 0.705 bits per heavy atom. The van der Waals surface area contributed by atoms with E-state index in [1.165, 1.54) is 12.1 Å². The first kappa shape index (κ1) is 31.2. The van der Waals surface area contributed by atoms with E-state index in [0.29, 0.717) is 34.3 Å². The molecule has 0 aliphatic heterocycles. The van der Waals surface area contributed by atoms with Gasteiger partial charge in [0.1, 0.15) is 16.5 Å². The molecule has 0 saturated heterocycles. The smallest absolute Gasteiger partial charge is 0.338 e.